The molecule has 0 unspecified atom stereocenters. The van der Waals surface area contributed by atoms with Gasteiger partial charge in [0.25, 0.3) is 0 Å². The van der Waals surface area contributed by atoms with Gasteiger partial charge in [0, 0.05) is 47.6 Å². The van der Waals surface area contributed by atoms with Gasteiger partial charge in [-0.05, 0) is 73.1 Å². The number of thiophene rings is 1. The minimum atomic E-state index is -0.113. The third kappa shape index (κ3) is 4.90. The molecule has 2 aliphatic rings. The zero-order valence-corrected chi connectivity index (χ0v) is 21.8. The van der Waals surface area contributed by atoms with Gasteiger partial charge in [-0.15, -0.1) is 11.3 Å². The number of rotatable bonds is 6. The maximum Gasteiger partial charge on any atom is 0.236 e. The third-order valence-corrected chi connectivity index (χ3v) is 8.65. The highest BCUT2D eigenvalue weighted by molar-refractivity contribution is 7.19. The van der Waals surface area contributed by atoms with Crippen molar-refractivity contribution in [2.45, 2.75) is 45.6 Å². The molecule has 2 fully saturated rings. The number of carbonyl (C=O) groups is 3. The molecule has 0 radical (unpaired) electrons. The average Bonchev–Trinajstić information content (AvgIpc) is 3.43. The fourth-order valence-corrected chi connectivity index (χ4v) is 6.72. The molecule has 9 heteroatoms. The van der Waals surface area contributed by atoms with E-state index in [1.165, 1.54) is 10.5 Å². The van der Waals surface area contributed by atoms with Crippen LogP contribution in [0.5, 0.6) is 0 Å². The summed E-state index contributed by atoms with van der Waals surface area (Å²) in [7, 11) is 0. The summed E-state index contributed by atoms with van der Waals surface area (Å²) in [4.78, 5) is 44.9. The first kappa shape index (κ1) is 24.9. The number of pyridine rings is 1. The lowest BCUT2D eigenvalue weighted by atomic mass is 9.85. The third-order valence-electron chi connectivity index (χ3n) is 7.29. The fourth-order valence-electron chi connectivity index (χ4n) is 5.32. The van der Waals surface area contributed by atoms with E-state index < -0.39 is 0 Å². The molecule has 2 N–H and O–H groups in total. The Kier molecular flexibility index (Phi) is 7.10. The molecular weight excluding hydrogens is 496 g/mol. The van der Waals surface area contributed by atoms with E-state index in [4.69, 9.17) is 17.3 Å². The van der Waals surface area contributed by atoms with Gasteiger partial charge in [-0.25, -0.2) is 0 Å². The second-order valence-electron chi connectivity index (χ2n) is 9.64. The lowest BCUT2D eigenvalue weighted by Crippen LogP contribution is -2.42. The number of hydrogen-bond acceptors (Lipinski definition) is 6. The van der Waals surface area contributed by atoms with E-state index in [9.17, 15) is 14.4 Å². The van der Waals surface area contributed by atoms with Gasteiger partial charge in [-0.2, -0.15) is 0 Å². The van der Waals surface area contributed by atoms with Crippen molar-refractivity contribution in [2.24, 2.45) is 11.7 Å². The van der Waals surface area contributed by atoms with E-state index in [0.29, 0.717) is 17.5 Å². The predicted octanol–water partition coefficient (Wildman–Crippen LogP) is 4.31. The summed E-state index contributed by atoms with van der Waals surface area (Å²) in [6, 6.07) is 8.03. The number of nitrogens with zero attached hydrogens (tertiary/aromatic N) is 3. The fraction of sp³-hybridized carbons (Fsp3) is 0.407. The Bertz CT molecular complexity index is 1330. The highest BCUT2D eigenvalue weighted by atomic mass is 35.5. The number of aryl methyl sites for hydroxylation is 1. The Morgan fingerprint density at radius 1 is 1.14 bits per heavy atom. The molecular formula is C27H29ClN4O3S. The molecule has 188 valence electrons. The van der Waals surface area contributed by atoms with E-state index in [1.807, 2.05) is 29.2 Å². The second-order valence-corrected chi connectivity index (χ2v) is 11.2. The number of carbonyl (C=O) groups excluding carboxylic acids is 3. The van der Waals surface area contributed by atoms with Crippen LogP contribution in [0.4, 0.5) is 0 Å². The molecule has 4 heterocycles. The van der Waals surface area contributed by atoms with Crippen molar-refractivity contribution in [3.8, 4) is 11.1 Å². The molecule has 2 saturated heterocycles. The van der Waals surface area contributed by atoms with Gasteiger partial charge < -0.3 is 10.6 Å². The van der Waals surface area contributed by atoms with Gasteiger partial charge in [0.15, 0.2) is 0 Å². The van der Waals surface area contributed by atoms with E-state index >= 15 is 0 Å². The predicted molar refractivity (Wildman–Crippen MR) is 142 cm³/mol. The Morgan fingerprint density at radius 2 is 1.86 bits per heavy atom. The number of aromatic nitrogens is 1. The highest BCUT2D eigenvalue weighted by Crippen LogP contribution is 2.39. The summed E-state index contributed by atoms with van der Waals surface area (Å²) in [6.45, 7) is 3.93. The van der Waals surface area contributed by atoms with Crippen molar-refractivity contribution >= 4 is 50.9 Å². The number of fused-ring (bicyclic) bond motifs is 1. The molecule has 0 bridgehead atoms. The van der Waals surface area contributed by atoms with Gasteiger partial charge in [-0.3, -0.25) is 24.3 Å². The molecule has 5 rings (SSSR count). The summed E-state index contributed by atoms with van der Waals surface area (Å²) in [5.74, 6) is 0.255. The number of halogens is 1. The van der Waals surface area contributed by atoms with Crippen molar-refractivity contribution in [3.05, 3.63) is 51.5 Å². The minimum Gasteiger partial charge on any atom is -0.342 e. The van der Waals surface area contributed by atoms with Crippen LogP contribution < -0.4 is 5.73 Å². The first-order valence-electron chi connectivity index (χ1n) is 12.3. The van der Waals surface area contributed by atoms with E-state index in [0.717, 1.165) is 64.1 Å². The maximum absolute atomic E-state index is 12.1. The van der Waals surface area contributed by atoms with Crippen LogP contribution in [0.25, 0.3) is 21.3 Å². The van der Waals surface area contributed by atoms with Gasteiger partial charge in [-0.1, -0.05) is 11.6 Å². The van der Waals surface area contributed by atoms with Crippen LogP contribution >= 0.6 is 22.9 Å². The van der Waals surface area contributed by atoms with Crippen LogP contribution in [0.2, 0.25) is 5.02 Å². The summed E-state index contributed by atoms with van der Waals surface area (Å²) in [6.07, 6.45) is 5.18. The van der Waals surface area contributed by atoms with Crippen LogP contribution in [-0.4, -0.2) is 52.1 Å². The molecule has 7 nitrogen and oxygen atoms in total. The normalized spacial score (nSPS) is 17.0. The Morgan fingerprint density at radius 3 is 2.56 bits per heavy atom. The lowest BCUT2D eigenvalue weighted by Gasteiger charge is -2.32. The monoisotopic (exact) mass is 524 g/mol. The van der Waals surface area contributed by atoms with Gasteiger partial charge in [0.2, 0.25) is 17.7 Å². The molecule has 2 aliphatic heterocycles. The van der Waals surface area contributed by atoms with Crippen molar-refractivity contribution in [2.75, 3.05) is 19.6 Å². The average molecular weight is 525 g/mol. The van der Waals surface area contributed by atoms with Crippen LogP contribution in [0, 0.1) is 12.8 Å². The molecule has 0 aliphatic carbocycles. The number of nitrogens with two attached hydrogens (primary N) is 1. The Hall–Kier alpha value is -2.81. The lowest BCUT2D eigenvalue weighted by molar-refractivity contribution is -0.139. The van der Waals surface area contributed by atoms with Gasteiger partial charge >= 0.3 is 0 Å². The SMILES string of the molecule is Cc1cc(Cl)cc(-c2ccnc3cc(CN4C(=O)CCC4=O)sc23)c1CC1CCN(C(=O)CN)CC1. The Balaban J connectivity index is 1.46. The van der Waals surface area contributed by atoms with Crippen molar-refractivity contribution in [3.63, 3.8) is 0 Å². The maximum atomic E-state index is 12.1. The summed E-state index contributed by atoms with van der Waals surface area (Å²) in [5, 5.41) is 0.685. The van der Waals surface area contributed by atoms with Gasteiger partial charge in [0.05, 0.1) is 23.3 Å². The highest BCUT2D eigenvalue weighted by Gasteiger charge is 2.29. The quantitative estimate of drug-likeness (QED) is 0.484. The van der Waals surface area contributed by atoms with Crippen LogP contribution in [0.1, 0.15) is 41.7 Å². The molecule has 0 saturated carbocycles. The molecule has 0 spiro atoms. The summed E-state index contributed by atoms with van der Waals surface area (Å²) < 4.78 is 1.03. The number of imide groups is 1. The molecule has 1 aromatic carbocycles. The largest absolute Gasteiger partial charge is 0.342 e. The van der Waals surface area contributed by atoms with Crippen LogP contribution in [0.15, 0.2) is 30.5 Å². The van der Waals surface area contributed by atoms with Crippen molar-refractivity contribution < 1.29 is 14.4 Å². The number of amides is 3. The molecule has 3 aromatic rings. The zero-order valence-electron chi connectivity index (χ0n) is 20.3. The topological polar surface area (TPSA) is 96.6 Å². The molecule has 0 atom stereocenters. The van der Waals surface area contributed by atoms with Crippen LogP contribution in [0.3, 0.4) is 0 Å². The minimum absolute atomic E-state index is 0.0156. The Labute approximate surface area is 219 Å². The molecule has 3 amide bonds. The number of hydrogen-bond donors (Lipinski definition) is 1. The standard InChI is InChI=1S/C27H29ClN4O3S/c1-16-10-18(28)12-22(21(16)11-17-5-8-31(9-6-17)26(35)14-29)20-4-7-30-23-13-19(36-27(20)23)15-32-24(33)2-3-25(32)34/h4,7,10,12-13,17H,2-3,5-6,8-9,11,14-15,29H2,1H3. The number of benzene rings is 1. The summed E-state index contributed by atoms with van der Waals surface area (Å²) >= 11 is 8.11. The zero-order chi connectivity index (χ0) is 25.4. The molecule has 36 heavy (non-hydrogen) atoms. The first-order valence-corrected chi connectivity index (χ1v) is 13.5. The van der Waals surface area contributed by atoms with E-state index in [1.54, 1.807) is 17.5 Å². The van der Waals surface area contributed by atoms with Gasteiger partial charge in [0.1, 0.15) is 0 Å². The van der Waals surface area contributed by atoms with E-state index in [-0.39, 0.29) is 37.1 Å². The van der Waals surface area contributed by atoms with Crippen molar-refractivity contribution in [1.82, 2.24) is 14.8 Å². The smallest absolute Gasteiger partial charge is 0.236 e. The number of piperidine rings is 1. The first-order chi connectivity index (χ1) is 17.3. The van der Waals surface area contributed by atoms with E-state index in [2.05, 4.69) is 11.9 Å². The van der Waals surface area contributed by atoms with Crippen LogP contribution in [-0.2, 0) is 27.3 Å². The van der Waals surface area contributed by atoms with Crippen molar-refractivity contribution in [1.29, 1.82) is 0 Å². The molecule has 2 aromatic heterocycles. The number of likely N-dealkylation sites (tertiary alicyclic amines) is 2. The summed E-state index contributed by atoms with van der Waals surface area (Å²) in [5.41, 5.74) is 11.0. The second kappa shape index (κ2) is 10.3.